The quantitative estimate of drug-likeness (QED) is 0.240. The molecule has 4 rings (SSSR count). The normalized spacial score (nSPS) is 10.4. The summed E-state index contributed by atoms with van der Waals surface area (Å²) in [6, 6.07) is 17.4. The largest absolute Gasteiger partial charge is 0.369 e. The maximum absolute atomic E-state index is 6.08. The second-order valence-corrected chi connectivity index (χ2v) is 7.99. The van der Waals surface area contributed by atoms with E-state index in [4.69, 9.17) is 23.2 Å². The van der Waals surface area contributed by atoms with Gasteiger partial charge in [0, 0.05) is 54.7 Å². The van der Waals surface area contributed by atoms with Gasteiger partial charge in [-0.15, -0.1) is 0 Å². The lowest BCUT2D eigenvalue weighted by Gasteiger charge is -2.12. The highest BCUT2D eigenvalue weighted by Gasteiger charge is 2.07. The van der Waals surface area contributed by atoms with Crippen LogP contribution in [0.5, 0.6) is 0 Å². The van der Waals surface area contributed by atoms with Gasteiger partial charge in [-0.05, 0) is 35.4 Å². The van der Waals surface area contributed by atoms with Crippen LogP contribution in [0.3, 0.4) is 0 Å². The first-order chi connectivity index (χ1) is 16.7. The molecule has 0 aliphatic rings. The van der Waals surface area contributed by atoms with Crippen LogP contribution in [0.15, 0.2) is 73.3 Å². The van der Waals surface area contributed by atoms with E-state index in [1.165, 1.54) is 5.56 Å². The fourth-order valence-corrected chi connectivity index (χ4v) is 3.41. The number of nitrogens with one attached hydrogen (secondary N) is 3. The monoisotopic (exact) mass is 497 g/mol. The highest BCUT2D eigenvalue weighted by atomic mass is 35.5. The first-order valence-electron chi connectivity index (χ1n) is 11.2. The van der Waals surface area contributed by atoms with Gasteiger partial charge in [0.15, 0.2) is 0 Å². The Bertz CT molecular complexity index is 1130. The van der Waals surface area contributed by atoms with Gasteiger partial charge in [0.2, 0.25) is 5.95 Å². The Balaban J connectivity index is 0.00000158. The van der Waals surface area contributed by atoms with Gasteiger partial charge in [0.1, 0.15) is 18.0 Å². The van der Waals surface area contributed by atoms with Gasteiger partial charge in [-0.1, -0.05) is 61.3 Å². The predicted octanol–water partition coefficient (Wildman–Crippen LogP) is 5.81. The zero-order chi connectivity index (χ0) is 24.2. The molecule has 0 aliphatic carbocycles. The lowest BCUT2D eigenvalue weighted by molar-refractivity contribution is 0.706. The van der Waals surface area contributed by atoms with Gasteiger partial charge in [0.05, 0.1) is 0 Å². The molecule has 0 bridgehead atoms. The molecule has 2 aromatic heterocycles. The Morgan fingerprint density at radius 1 is 0.824 bits per heavy atom. The summed E-state index contributed by atoms with van der Waals surface area (Å²) in [5.41, 5.74) is 2.24. The van der Waals surface area contributed by atoms with E-state index in [-0.39, 0.29) is 0 Å². The number of benzene rings is 2. The minimum atomic E-state index is 0.521. The summed E-state index contributed by atoms with van der Waals surface area (Å²) in [7, 11) is 0. The number of aromatic nitrogens is 4. The number of hydrogen-bond donors (Lipinski definition) is 3. The highest BCUT2D eigenvalue weighted by Crippen LogP contribution is 2.16. The van der Waals surface area contributed by atoms with Gasteiger partial charge >= 0.3 is 0 Å². The van der Waals surface area contributed by atoms with E-state index < -0.39 is 0 Å². The molecule has 9 heteroatoms. The van der Waals surface area contributed by atoms with Crippen LogP contribution in [0.4, 0.5) is 11.8 Å². The van der Waals surface area contributed by atoms with Crippen LogP contribution in [-0.2, 0) is 13.1 Å². The molecule has 2 aromatic carbocycles. The van der Waals surface area contributed by atoms with E-state index in [9.17, 15) is 0 Å². The second-order valence-electron chi connectivity index (χ2n) is 7.12. The van der Waals surface area contributed by atoms with Gasteiger partial charge in [-0.3, -0.25) is 4.57 Å². The first-order valence-corrected chi connectivity index (χ1v) is 12.0. The third-order valence-corrected chi connectivity index (χ3v) is 5.16. The predicted molar refractivity (Wildman–Crippen MR) is 141 cm³/mol. The molecule has 0 amide bonds. The molecule has 2 heterocycles. The Morgan fingerprint density at radius 3 is 2.38 bits per heavy atom. The average Bonchev–Trinajstić information content (AvgIpc) is 3.40. The molecule has 0 atom stereocenters. The number of imidazole rings is 1. The van der Waals surface area contributed by atoms with Crippen molar-refractivity contribution in [3.05, 3.63) is 94.5 Å². The van der Waals surface area contributed by atoms with Crippen molar-refractivity contribution in [3.63, 3.8) is 0 Å². The van der Waals surface area contributed by atoms with E-state index in [0.717, 1.165) is 35.3 Å². The number of rotatable bonds is 10. The first kappa shape index (κ1) is 25.5. The molecule has 0 unspecified atom stereocenters. The SMILES string of the molecule is CC.Clc1ccc(CNCCNc2cc(-n3ccnc3)nc(NCc3cccc(Cl)c3)n2)cc1. The molecule has 7 nitrogen and oxygen atoms in total. The van der Waals surface area contributed by atoms with Crippen LogP contribution in [0.2, 0.25) is 10.0 Å². The standard InChI is InChI=1S/C23H23Cl2N7.C2H6/c24-19-6-4-17(5-7-19)14-26-8-9-28-21-13-22(32-11-10-27-16-32)31-23(30-21)29-15-18-2-1-3-20(25)12-18;1-2/h1-7,10-13,16,26H,8-9,14-15H2,(H2,28,29,30,31);1-2H3. The van der Waals surface area contributed by atoms with E-state index in [2.05, 4.69) is 30.9 Å². The van der Waals surface area contributed by atoms with Crippen molar-refractivity contribution in [3.8, 4) is 5.82 Å². The van der Waals surface area contributed by atoms with Crippen LogP contribution < -0.4 is 16.0 Å². The zero-order valence-corrected chi connectivity index (χ0v) is 20.8. The van der Waals surface area contributed by atoms with Gasteiger partial charge in [-0.2, -0.15) is 9.97 Å². The van der Waals surface area contributed by atoms with Crippen molar-refractivity contribution in [2.75, 3.05) is 23.7 Å². The Morgan fingerprint density at radius 2 is 1.65 bits per heavy atom. The van der Waals surface area contributed by atoms with Crippen LogP contribution in [0.1, 0.15) is 25.0 Å². The molecule has 0 radical (unpaired) electrons. The molecule has 0 saturated heterocycles. The van der Waals surface area contributed by atoms with Gasteiger partial charge in [0.25, 0.3) is 0 Å². The van der Waals surface area contributed by atoms with E-state index in [1.807, 2.05) is 79.2 Å². The molecule has 4 aromatic rings. The summed E-state index contributed by atoms with van der Waals surface area (Å²) in [6.45, 7) is 6.82. The molecule has 0 spiro atoms. The third-order valence-electron chi connectivity index (χ3n) is 4.67. The molecule has 0 saturated carbocycles. The van der Waals surface area contributed by atoms with E-state index in [1.54, 1.807) is 12.5 Å². The van der Waals surface area contributed by atoms with Crippen molar-refractivity contribution >= 4 is 35.0 Å². The summed E-state index contributed by atoms with van der Waals surface area (Å²) < 4.78 is 1.84. The van der Waals surface area contributed by atoms with Crippen LogP contribution in [0, 0.1) is 0 Å². The van der Waals surface area contributed by atoms with Crippen molar-refractivity contribution in [1.82, 2.24) is 24.8 Å². The maximum Gasteiger partial charge on any atom is 0.226 e. The minimum Gasteiger partial charge on any atom is -0.369 e. The van der Waals surface area contributed by atoms with Crippen molar-refractivity contribution in [2.45, 2.75) is 26.9 Å². The number of anilines is 2. The van der Waals surface area contributed by atoms with Crippen LogP contribution >= 0.6 is 23.2 Å². The van der Waals surface area contributed by atoms with Crippen LogP contribution in [-0.4, -0.2) is 32.6 Å². The molecular formula is C25H29Cl2N7. The average molecular weight is 498 g/mol. The molecule has 0 fully saturated rings. The van der Waals surface area contributed by atoms with E-state index in [0.29, 0.717) is 24.1 Å². The summed E-state index contributed by atoms with van der Waals surface area (Å²) in [6.07, 6.45) is 5.27. The summed E-state index contributed by atoms with van der Waals surface area (Å²) >= 11 is 12.0. The number of hydrogen-bond acceptors (Lipinski definition) is 6. The van der Waals surface area contributed by atoms with Gasteiger partial charge < -0.3 is 16.0 Å². The number of halogens is 2. The Hall–Kier alpha value is -3.13. The Kier molecular flexibility index (Phi) is 10.2. The maximum atomic E-state index is 6.08. The lowest BCUT2D eigenvalue weighted by Crippen LogP contribution is -2.22. The minimum absolute atomic E-state index is 0.521. The summed E-state index contributed by atoms with van der Waals surface area (Å²) in [5, 5.41) is 11.5. The summed E-state index contributed by atoms with van der Waals surface area (Å²) in [5.74, 6) is 1.97. The molecule has 0 aliphatic heterocycles. The lowest BCUT2D eigenvalue weighted by atomic mass is 10.2. The number of nitrogens with zero attached hydrogens (tertiary/aromatic N) is 4. The molecule has 3 N–H and O–H groups in total. The molecule has 34 heavy (non-hydrogen) atoms. The fourth-order valence-electron chi connectivity index (χ4n) is 3.07. The second kappa shape index (κ2) is 13.5. The fraction of sp³-hybridized carbons (Fsp3) is 0.240. The van der Waals surface area contributed by atoms with Crippen molar-refractivity contribution in [2.24, 2.45) is 0 Å². The van der Waals surface area contributed by atoms with E-state index >= 15 is 0 Å². The topological polar surface area (TPSA) is 79.7 Å². The van der Waals surface area contributed by atoms with Crippen molar-refractivity contribution in [1.29, 1.82) is 0 Å². The molecular weight excluding hydrogens is 469 g/mol. The van der Waals surface area contributed by atoms with Gasteiger partial charge in [-0.25, -0.2) is 4.98 Å². The van der Waals surface area contributed by atoms with Crippen molar-refractivity contribution < 1.29 is 0 Å². The summed E-state index contributed by atoms with van der Waals surface area (Å²) in [4.78, 5) is 13.3. The zero-order valence-electron chi connectivity index (χ0n) is 19.3. The molecule has 178 valence electrons. The van der Waals surface area contributed by atoms with Crippen LogP contribution in [0.25, 0.3) is 5.82 Å². The Labute approximate surface area is 210 Å². The smallest absolute Gasteiger partial charge is 0.226 e. The highest BCUT2D eigenvalue weighted by molar-refractivity contribution is 6.30. The third kappa shape index (κ3) is 8.02.